The molecule has 7 heteroatoms. The van der Waals surface area contributed by atoms with Crippen molar-refractivity contribution in [3.8, 4) is 0 Å². The first-order chi connectivity index (χ1) is 13.6. The van der Waals surface area contributed by atoms with Gasteiger partial charge in [0.05, 0.1) is 5.75 Å². The summed E-state index contributed by atoms with van der Waals surface area (Å²) in [5, 5.41) is 0. The first kappa shape index (κ1) is 18.8. The van der Waals surface area contributed by atoms with Crippen LogP contribution in [0.15, 0.2) is 63.8 Å². The zero-order chi connectivity index (χ0) is 19.5. The minimum Gasteiger partial charge on any atom is -0.407 e. The molecule has 0 amide bonds. The molecule has 1 saturated heterocycles. The Labute approximate surface area is 165 Å². The first-order valence-corrected chi connectivity index (χ1v) is 10.7. The maximum absolute atomic E-state index is 12.7. The van der Waals surface area contributed by atoms with Gasteiger partial charge in [-0.15, -0.1) is 0 Å². The number of likely N-dealkylation sites (tertiary alicyclic amines) is 1. The van der Waals surface area contributed by atoms with Crippen molar-refractivity contribution in [3.05, 3.63) is 70.7 Å². The predicted molar refractivity (Wildman–Crippen MR) is 109 cm³/mol. The van der Waals surface area contributed by atoms with Gasteiger partial charge in [0.1, 0.15) is 16.5 Å². The zero-order valence-corrected chi connectivity index (χ0v) is 16.3. The molecule has 0 saturated carbocycles. The molecule has 4 rings (SSSR count). The SMILES string of the molecule is O=C(c1ccccc1)C1CCN(CCS(=O)n2c(=O)oc3ccccc32)CC1. The molecule has 28 heavy (non-hydrogen) atoms. The molecule has 146 valence electrons. The largest absolute Gasteiger partial charge is 0.432 e. The van der Waals surface area contributed by atoms with Crippen LogP contribution in [0.3, 0.4) is 0 Å². The molecule has 6 nitrogen and oxygen atoms in total. The molecular weight excluding hydrogens is 376 g/mol. The molecule has 2 aromatic carbocycles. The monoisotopic (exact) mass is 398 g/mol. The van der Waals surface area contributed by atoms with Crippen LogP contribution < -0.4 is 5.76 Å². The van der Waals surface area contributed by atoms with Crippen molar-refractivity contribution in [2.24, 2.45) is 5.92 Å². The number of fused-ring (bicyclic) bond motifs is 1. The number of hydrogen-bond donors (Lipinski definition) is 0. The number of rotatable bonds is 6. The Bertz CT molecular complexity index is 1050. The van der Waals surface area contributed by atoms with Gasteiger partial charge in [0.2, 0.25) is 0 Å². The Balaban J connectivity index is 1.33. The van der Waals surface area contributed by atoms with E-state index in [-0.39, 0.29) is 11.7 Å². The molecule has 0 bridgehead atoms. The molecule has 1 atom stereocenters. The van der Waals surface area contributed by atoms with Crippen LogP contribution in [0.1, 0.15) is 23.2 Å². The lowest BCUT2D eigenvalue weighted by atomic mass is 9.89. The summed E-state index contributed by atoms with van der Waals surface area (Å²) >= 11 is 0. The minimum absolute atomic E-state index is 0.0459. The van der Waals surface area contributed by atoms with Gasteiger partial charge in [-0.1, -0.05) is 42.5 Å². The molecule has 0 radical (unpaired) electrons. The molecule has 3 aromatic rings. The van der Waals surface area contributed by atoms with E-state index in [1.165, 1.54) is 3.97 Å². The van der Waals surface area contributed by atoms with Crippen molar-refractivity contribution < 1.29 is 13.4 Å². The van der Waals surface area contributed by atoms with Crippen molar-refractivity contribution in [2.75, 3.05) is 25.4 Å². The summed E-state index contributed by atoms with van der Waals surface area (Å²) < 4.78 is 19.1. The van der Waals surface area contributed by atoms with Gasteiger partial charge in [-0.2, -0.15) is 3.97 Å². The second-order valence-corrected chi connectivity index (χ2v) is 8.42. The predicted octanol–water partition coefficient (Wildman–Crippen LogP) is 2.70. The molecule has 0 spiro atoms. The number of carbonyl (C=O) groups is 1. The minimum atomic E-state index is -1.49. The van der Waals surface area contributed by atoms with Crippen LogP contribution in [-0.2, 0) is 11.0 Å². The van der Waals surface area contributed by atoms with Crippen LogP contribution in [0.5, 0.6) is 0 Å². The second-order valence-electron chi connectivity index (χ2n) is 7.00. The van der Waals surface area contributed by atoms with Gasteiger partial charge in [-0.3, -0.25) is 4.79 Å². The molecule has 1 aromatic heterocycles. The summed E-state index contributed by atoms with van der Waals surface area (Å²) in [7, 11) is -1.49. The lowest BCUT2D eigenvalue weighted by Crippen LogP contribution is -2.39. The Morgan fingerprint density at radius 3 is 2.46 bits per heavy atom. The van der Waals surface area contributed by atoms with Crippen LogP contribution >= 0.6 is 0 Å². The molecule has 1 aliphatic rings. The van der Waals surface area contributed by atoms with E-state index in [0.717, 1.165) is 31.5 Å². The van der Waals surface area contributed by atoms with E-state index >= 15 is 0 Å². The average molecular weight is 398 g/mol. The number of nitrogens with zero attached hydrogens (tertiary/aromatic N) is 2. The van der Waals surface area contributed by atoms with Gasteiger partial charge in [0.15, 0.2) is 11.4 Å². The molecular formula is C21H22N2O4S. The van der Waals surface area contributed by atoms with Crippen molar-refractivity contribution in [3.63, 3.8) is 0 Å². The highest BCUT2D eigenvalue weighted by molar-refractivity contribution is 7.83. The number of para-hydroxylation sites is 2. The molecule has 1 aliphatic heterocycles. The van der Waals surface area contributed by atoms with Gasteiger partial charge < -0.3 is 9.32 Å². The number of benzene rings is 2. The van der Waals surface area contributed by atoms with Crippen LogP contribution in [-0.4, -0.2) is 44.3 Å². The highest BCUT2D eigenvalue weighted by atomic mass is 32.2. The lowest BCUT2D eigenvalue weighted by Gasteiger charge is -2.31. The third-order valence-corrected chi connectivity index (χ3v) is 6.53. The van der Waals surface area contributed by atoms with E-state index in [0.29, 0.717) is 23.4 Å². The normalized spacial score (nSPS) is 17.0. The lowest BCUT2D eigenvalue weighted by molar-refractivity contribution is 0.0844. The van der Waals surface area contributed by atoms with Crippen LogP contribution in [0.25, 0.3) is 11.1 Å². The maximum Gasteiger partial charge on any atom is 0.432 e. The van der Waals surface area contributed by atoms with Crippen LogP contribution in [0.4, 0.5) is 0 Å². The van der Waals surface area contributed by atoms with Gasteiger partial charge in [0, 0.05) is 18.0 Å². The summed E-state index contributed by atoms with van der Waals surface area (Å²) in [5.74, 6) is 0.0114. The summed E-state index contributed by atoms with van der Waals surface area (Å²) in [5.41, 5.74) is 1.77. The number of Topliss-reactive ketones (excluding diaryl/α,β-unsaturated/α-hetero) is 1. The summed E-state index contributed by atoms with van der Waals surface area (Å²) in [4.78, 5) is 26.8. The summed E-state index contributed by atoms with van der Waals surface area (Å²) in [6, 6.07) is 16.4. The fourth-order valence-corrected chi connectivity index (χ4v) is 4.86. The van der Waals surface area contributed by atoms with E-state index < -0.39 is 16.7 Å². The first-order valence-electron chi connectivity index (χ1n) is 9.44. The van der Waals surface area contributed by atoms with Crippen molar-refractivity contribution >= 4 is 27.9 Å². The Morgan fingerprint density at radius 1 is 1.04 bits per heavy atom. The van der Waals surface area contributed by atoms with Gasteiger partial charge in [-0.05, 0) is 38.1 Å². The third kappa shape index (κ3) is 3.86. The van der Waals surface area contributed by atoms with Crippen LogP contribution in [0, 0.1) is 5.92 Å². The number of ketones is 1. The van der Waals surface area contributed by atoms with Gasteiger partial charge >= 0.3 is 5.76 Å². The van der Waals surface area contributed by atoms with E-state index in [9.17, 15) is 13.8 Å². The quantitative estimate of drug-likeness (QED) is 0.597. The highest BCUT2D eigenvalue weighted by Gasteiger charge is 2.26. The third-order valence-electron chi connectivity index (χ3n) is 5.25. The number of hydrogen-bond acceptors (Lipinski definition) is 5. The highest BCUT2D eigenvalue weighted by Crippen LogP contribution is 2.22. The fourth-order valence-electron chi connectivity index (χ4n) is 3.69. The summed E-state index contributed by atoms with van der Waals surface area (Å²) in [6.45, 7) is 2.20. The van der Waals surface area contributed by atoms with Crippen molar-refractivity contribution in [1.82, 2.24) is 8.87 Å². The Hall–Kier alpha value is -2.51. The smallest absolute Gasteiger partial charge is 0.407 e. The average Bonchev–Trinajstić information content (AvgIpc) is 3.08. The van der Waals surface area contributed by atoms with Crippen LogP contribution in [0.2, 0.25) is 0 Å². The van der Waals surface area contributed by atoms with E-state index in [2.05, 4.69) is 4.90 Å². The number of oxazole rings is 1. The second kappa shape index (κ2) is 8.24. The molecule has 0 N–H and O–H groups in total. The van der Waals surface area contributed by atoms with E-state index in [1.807, 2.05) is 30.3 Å². The maximum atomic E-state index is 12.7. The molecule has 1 fully saturated rings. The van der Waals surface area contributed by atoms with Gasteiger partial charge in [0.25, 0.3) is 0 Å². The van der Waals surface area contributed by atoms with Gasteiger partial charge in [-0.25, -0.2) is 9.00 Å². The summed E-state index contributed by atoms with van der Waals surface area (Å²) in [6.07, 6.45) is 1.60. The fraction of sp³-hybridized carbons (Fsp3) is 0.333. The number of aromatic nitrogens is 1. The Morgan fingerprint density at radius 2 is 1.71 bits per heavy atom. The van der Waals surface area contributed by atoms with Crippen molar-refractivity contribution in [2.45, 2.75) is 12.8 Å². The molecule has 1 unspecified atom stereocenters. The molecule has 0 aliphatic carbocycles. The van der Waals surface area contributed by atoms with E-state index in [4.69, 9.17) is 4.42 Å². The van der Waals surface area contributed by atoms with E-state index in [1.54, 1.807) is 24.3 Å². The number of piperidine rings is 1. The topological polar surface area (TPSA) is 72.5 Å². The molecule has 2 heterocycles. The van der Waals surface area contributed by atoms with Crippen molar-refractivity contribution in [1.29, 1.82) is 0 Å². The number of carbonyl (C=O) groups excluding carboxylic acids is 1. The zero-order valence-electron chi connectivity index (χ0n) is 15.5. The Kier molecular flexibility index (Phi) is 5.54. The standard InChI is InChI=1S/C21H22N2O4S/c24-20(16-6-2-1-3-7-16)17-10-12-22(13-11-17)14-15-28(26)23-18-8-4-5-9-19(18)27-21(23)25/h1-9,17H,10-15H2.